The number of carbonyl (C=O) groups excluding carboxylic acids is 1. The minimum absolute atomic E-state index is 0.326. The van der Waals surface area contributed by atoms with Crippen LogP contribution < -0.4 is 11.1 Å². The molecule has 3 aromatic rings. The first kappa shape index (κ1) is 14.8. The first-order valence-electron chi connectivity index (χ1n) is 7.04. The molecule has 0 aliphatic rings. The van der Waals surface area contributed by atoms with Gasteiger partial charge in [-0.15, -0.1) is 0 Å². The van der Waals surface area contributed by atoms with Crippen LogP contribution in [0.1, 0.15) is 15.9 Å². The van der Waals surface area contributed by atoms with Gasteiger partial charge in [0.25, 0.3) is 0 Å². The Balaban J connectivity index is 1.73. The Morgan fingerprint density at radius 1 is 1.26 bits per heavy atom. The van der Waals surface area contributed by atoms with E-state index in [9.17, 15) is 9.18 Å². The van der Waals surface area contributed by atoms with Crippen molar-refractivity contribution in [3.63, 3.8) is 0 Å². The third-order valence-electron chi connectivity index (χ3n) is 3.44. The molecule has 5 nitrogen and oxygen atoms in total. The molecule has 2 aromatic carbocycles. The van der Waals surface area contributed by atoms with E-state index in [0.717, 1.165) is 11.3 Å². The lowest BCUT2D eigenvalue weighted by Gasteiger charge is -2.10. The zero-order chi connectivity index (χ0) is 16.2. The topological polar surface area (TPSA) is 72.9 Å². The standard InChI is InChI=1S/C17H15FN4O/c18-15-8-12(4-5-16(15)22-7-6-20-11-22)10-21-14-3-1-2-13(9-14)17(19)23/h1-9,11,21H,10H2,(H2,19,23). The van der Waals surface area contributed by atoms with Crippen molar-refractivity contribution in [3.05, 3.63) is 78.1 Å². The van der Waals surface area contributed by atoms with Gasteiger partial charge in [0.1, 0.15) is 5.82 Å². The van der Waals surface area contributed by atoms with E-state index in [1.165, 1.54) is 6.07 Å². The summed E-state index contributed by atoms with van der Waals surface area (Å²) in [6, 6.07) is 11.9. The maximum absolute atomic E-state index is 14.2. The number of nitrogens with zero attached hydrogens (tertiary/aromatic N) is 2. The van der Waals surface area contributed by atoms with Crippen molar-refractivity contribution in [1.29, 1.82) is 0 Å². The van der Waals surface area contributed by atoms with Crippen molar-refractivity contribution in [2.75, 3.05) is 5.32 Å². The van der Waals surface area contributed by atoms with Crippen molar-refractivity contribution in [2.24, 2.45) is 5.73 Å². The van der Waals surface area contributed by atoms with Crippen LogP contribution in [0.4, 0.5) is 10.1 Å². The van der Waals surface area contributed by atoms with Crippen LogP contribution in [0.5, 0.6) is 0 Å². The molecule has 3 N–H and O–H groups in total. The predicted molar refractivity (Wildman–Crippen MR) is 85.8 cm³/mol. The number of hydrogen-bond acceptors (Lipinski definition) is 3. The summed E-state index contributed by atoms with van der Waals surface area (Å²) < 4.78 is 15.8. The second kappa shape index (κ2) is 6.31. The Labute approximate surface area is 132 Å². The summed E-state index contributed by atoms with van der Waals surface area (Å²) in [6.07, 6.45) is 4.83. The lowest BCUT2D eigenvalue weighted by molar-refractivity contribution is 0.100. The summed E-state index contributed by atoms with van der Waals surface area (Å²) in [5, 5.41) is 3.14. The lowest BCUT2D eigenvalue weighted by Crippen LogP contribution is -2.11. The molecule has 0 spiro atoms. The van der Waals surface area contributed by atoms with Crippen LogP contribution in [0.2, 0.25) is 0 Å². The molecule has 0 unspecified atom stereocenters. The molecule has 1 amide bonds. The molecular weight excluding hydrogens is 295 g/mol. The highest BCUT2D eigenvalue weighted by atomic mass is 19.1. The third-order valence-corrected chi connectivity index (χ3v) is 3.44. The average molecular weight is 310 g/mol. The first-order chi connectivity index (χ1) is 11.1. The number of nitrogens with two attached hydrogens (primary N) is 1. The number of imidazole rings is 1. The van der Waals surface area contributed by atoms with Crippen molar-refractivity contribution < 1.29 is 9.18 Å². The Hall–Kier alpha value is -3.15. The predicted octanol–water partition coefficient (Wildman–Crippen LogP) is 2.72. The molecule has 6 heteroatoms. The van der Waals surface area contributed by atoms with Gasteiger partial charge in [-0.2, -0.15) is 0 Å². The van der Waals surface area contributed by atoms with Gasteiger partial charge in [0.2, 0.25) is 5.91 Å². The van der Waals surface area contributed by atoms with Crippen LogP contribution >= 0.6 is 0 Å². The largest absolute Gasteiger partial charge is 0.381 e. The zero-order valence-corrected chi connectivity index (χ0v) is 12.2. The molecule has 0 aliphatic carbocycles. The maximum Gasteiger partial charge on any atom is 0.248 e. The van der Waals surface area contributed by atoms with E-state index in [1.54, 1.807) is 47.6 Å². The molecule has 1 heterocycles. The van der Waals surface area contributed by atoms with E-state index in [-0.39, 0.29) is 5.82 Å². The number of hydrogen-bond donors (Lipinski definition) is 2. The minimum Gasteiger partial charge on any atom is -0.381 e. The number of amides is 1. The molecule has 1 aromatic heterocycles. The van der Waals surface area contributed by atoms with Gasteiger partial charge in [0, 0.05) is 30.2 Å². The lowest BCUT2D eigenvalue weighted by atomic mass is 10.1. The van der Waals surface area contributed by atoms with Crippen molar-refractivity contribution >= 4 is 11.6 Å². The summed E-state index contributed by atoms with van der Waals surface area (Å²) in [5.74, 6) is -0.808. The molecule has 23 heavy (non-hydrogen) atoms. The van der Waals surface area contributed by atoms with Crippen LogP contribution in [0.15, 0.2) is 61.2 Å². The quantitative estimate of drug-likeness (QED) is 0.761. The third kappa shape index (κ3) is 3.37. The van der Waals surface area contributed by atoms with Crippen LogP contribution in [-0.2, 0) is 6.54 Å². The summed E-state index contributed by atoms with van der Waals surface area (Å²) in [6.45, 7) is 0.434. The highest BCUT2D eigenvalue weighted by Gasteiger charge is 2.06. The Bertz CT molecular complexity index is 830. The summed E-state index contributed by atoms with van der Waals surface area (Å²) in [4.78, 5) is 15.1. The normalized spacial score (nSPS) is 10.5. The maximum atomic E-state index is 14.2. The second-order valence-electron chi connectivity index (χ2n) is 5.05. The zero-order valence-electron chi connectivity index (χ0n) is 12.2. The van der Waals surface area contributed by atoms with Crippen molar-refractivity contribution in [2.45, 2.75) is 6.54 Å². The summed E-state index contributed by atoms with van der Waals surface area (Å²) in [5.41, 5.74) is 7.66. The number of rotatable bonds is 5. The fourth-order valence-electron chi connectivity index (χ4n) is 2.26. The van der Waals surface area contributed by atoms with Gasteiger partial charge in [-0.25, -0.2) is 9.37 Å². The van der Waals surface area contributed by atoms with Gasteiger partial charge < -0.3 is 15.6 Å². The van der Waals surface area contributed by atoms with Crippen LogP contribution in [0.3, 0.4) is 0 Å². The summed E-state index contributed by atoms with van der Waals surface area (Å²) >= 11 is 0. The second-order valence-corrected chi connectivity index (χ2v) is 5.05. The molecule has 3 rings (SSSR count). The SMILES string of the molecule is NC(=O)c1cccc(NCc2ccc(-n3ccnc3)c(F)c2)c1. The van der Waals surface area contributed by atoms with Gasteiger partial charge in [-0.3, -0.25) is 4.79 Å². The van der Waals surface area contributed by atoms with Gasteiger partial charge in [-0.05, 0) is 35.9 Å². The fraction of sp³-hybridized carbons (Fsp3) is 0.0588. The number of aromatic nitrogens is 2. The Morgan fingerprint density at radius 2 is 2.13 bits per heavy atom. The average Bonchev–Trinajstić information content (AvgIpc) is 3.07. The Kier molecular flexibility index (Phi) is 4.05. The molecule has 0 radical (unpaired) electrons. The van der Waals surface area contributed by atoms with Crippen molar-refractivity contribution in [3.8, 4) is 5.69 Å². The van der Waals surface area contributed by atoms with E-state index >= 15 is 0 Å². The van der Waals surface area contributed by atoms with Gasteiger partial charge in [-0.1, -0.05) is 12.1 Å². The monoisotopic (exact) mass is 310 g/mol. The molecule has 116 valence electrons. The number of anilines is 1. The molecule has 0 fully saturated rings. The van der Waals surface area contributed by atoms with E-state index in [4.69, 9.17) is 5.73 Å². The first-order valence-corrected chi connectivity index (χ1v) is 7.04. The molecule has 0 saturated carbocycles. The number of carbonyl (C=O) groups is 1. The molecule has 0 aliphatic heterocycles. The van der Waals surface area contributed by atoms with E-state index in [1.807, 2.05) is 12.1 Å². The smallest absolute Gasteiger partial charge is 0.248 e. The van der Waals surface area contributed by atoms with Gasteiger partial charge >= 0.3 is 0 Å². The molecular formula is C17H15FN4O. The number of halogens is 1. The highest BCUT2D eigenvalue weighted by molar-refractivity contribution is 5.93. The number of benzene rings is 2. The summed E-state index contributed by atoms with van der Waals surface area (Å²) in [7, 11) is 0. The minimum atomic E-state index is -0.482. The van der Waals surface area contributed by atoms with E-state index in [0.29, 0.717) is 17.8 Å². The van der Waals surface area contributed by atoms with Crippen LogP contribution in [0, 0.1) is 5.82 Å². The fourth-order valence-corrected chi connectivity index (χ4v) is 2.26. The highest BCUT2D eigenvalue weighted by Crippen LogP contribution is 2.17. The van der Waals surface area contributed by atoms with E-state index in [2.05, 4.69) is 10.3 Å². The van der Waals surface area contributed by atoms with Crippen LogP contribution in [-0.4, -0.2) is 15.5 Å². The van der Waals surface area contributed by atoms with Crippen molar-refractivity contribution in [1.82, 2.24) is 9.55 Å². The van der Waals surface area contributed by atoms with Gasteiger partial charge in [0.05, 0.1) is 12.0 Å². The number of primary amides is 1. The van der Waals surface area contributed by atoms with E-state index < -0.39 is 5.91 Å². The molecule has 0 atom stereocenters. The van der Waals surface area contributed by atoms with Gasteiger partial charge in [0.15, 0.2) is 0 Å². The Morgan fingerprint density at radius 3 is 2.83 bits per heavy atom. The van der Waals surface area contributed by atoms with Crippen LogP contribution in [0.25, 0.3) is 5.69 Å². The molecule has 0 saturated heterocycles. The number of nitrogens with one attached hydrogen (secondary N) is 1. The molecule has 0 bridgehead atoms.